The molecule has 0 fully saturated rings. The highest BCUT2D eigenvalue weighted by Crippen LogP contribution is 2.58. The molecule has 2 aromatic heterocycles. The highest BCUT2D eigenvalue weighted by molar-refractivity contribution is 7.26. The Morgan fingerprint density at radius 3 is 0.820 bits per heavy atom. The third-order valence-corrected chi connectivity index (χ3v) is 31.6. The van der Waals surface area contributed by atoms with E-state index >= 15 is 0 Å². The zero-order chi connectivity index (χ0) is 89.0. The van der Waals surface area contributed by atoms with Crippen LogP contribution in [0.5, 0.6) is 0 Å². The molecule has 4 heteroatoms. The van der Waals surface area contributed by atoms with E-state index in [4.69, 9.17) is 0 Å². The maximum Gasteiger partial charge on any atom is 0.0465 e. The van der Waals surface area contributed by atoms with Crippen LogP contribution in [0.2, 0.25) is 0 Å². The van der Waals surface area contributed by atoms with Gasteiger partial charge in [-0.25, -0.2) is 0 Å². The molecular weight excluding hydrogens is 1640 g/mol. The van der Waals surface area contributed by atoms with Crippen molar-refractivity contribution < 1.29 is 0 Å². The summed E-state index contributed by atoms with van der Waals surface area (Å²) in [5, 5.41) is 5.28. The van der Waals surface area contributed by atoms with Gasteiger partial charge in [-0.1, -0.05) is 375 Å². The van der Waals surface area contributed by atoms with Crippen molar-refractivity contribution in [2.24, 2.45) is 0 Å². The van der Waals surface area contributed by atoms with E-state index in [9.17, 15) is 0 Å². The second-order valence-electron chi connectivity index (χ2n) is 37.8. The van der Waals surface area contributed by atoms with E-state index in [1.807, 2.05) is 22.7 Å². The summed E-state index contributed by atoms with van der Waals surface area (Å²) in [7, 11) is 0. The van der Waals surface area contributed by atoms with E-state index in [0.717, 1.165) is 45.3 Å². The summed E-state index contributed by atoms with van der Waals surface area (Å²) in [6.45, 7) is 14.5. The second kappa shape index (κ2) is 31.4. The van der Waals surface area contributed by atoms with Crippen molar-refractivity contribution in [3.63, 3.8) is 0 Å². The fraction of sp³-hybridized carbons (Fsp3) is 0.0698. The van der Waals surface area contributed by atoms with Crippen LogP contribution in [0.15, 0.2) is 449 Å². The van der Waals surface area contributed by atoms with Gasteiger partial charge in [0, 0.05) is 90.7 Å². The number of hydrogen-bond donors (Lipinski definition) is 0. The Bertz CT molecular complexity index is 8400. The Morgan fingerprint density at radius 2 is 0.391 bits per heavy atom. The van der Waals surface area contributed by atoms with Gasteiger partial charge in [-0.15, -0.1) is 22.7 Å². The first kappa shape index (κ1) is 79.6. The summed E-state index contributed by atoms with van der Waals surface area (Å²) in [5.74, 6) is 0. The average Bonchev–Trinajstić information content (AvgIpc) is 1.58. The molecule has 0 amide bonds. The molecule has 0 aliphatic heterocycles. The quantitative estimate of drug-likeness (QED) is 0.0951. The molecule has 0 atom stereocenters. The van der Waals surface area contributed by atoms with Gasteiger partial charge in [0.15, 0.2) is 0 Å². The molecule has 0 spiro atoms. The second-order valence-corrected chi connectivity index (χ2v) is 39.9. The van der Waals surface area contributed by atoms with E-state index in [1.54, 1.807) is 0 Å². The first-order chi connectivity index (χ1) is 65.1. The van der Waals surface area contributed by atoms with Crippen LogP contribution < -0.4 is 9.80 Å². The van der Waals surface area contributed by atoms with Crippen LogP contribution >= 0.6 is 22.7 Å². The number of benzene rings is 20. The van der Waals surface area contributed by atoms with Gasteiger partial charge in [0.25, 0.3) is 0 Å². The van der Waals surface area contributed by atoms with E-state index in [1.165, 1.54) is 207 Å². The number of nitrogens with zero attached hydrogens (tertiary/aromatic N) is 2. The third kappa shape index (κ3) is 13.4. The lowest BCUT2D eigenvalue weighted by Crippen LogP contribution is -2.18. The summed E-state index contributed by atoms with van der Waals surface area (Å²) in [6.07, 6.45) is 0. The lowest BCUT2D eigenvalue weighted by molar-refractivity contribution is 0.660. The van der Waals surface area contributed by atoms with Crippen LogP contribution in [0, 0.1) is 0 Å². The van der Waals surface area contributed by atoms with Crippen molar-refractivity contribution >= 4 is 97.1 Å². The molecule has 133 heavy (non-hydrogen) atoms. The van der Waals surface area contributed by atoms with E-state index in [2.05, 4.69) is 500 Å². The molecule has 20 aromatic carbocycles. The minimum atomic E-state index is -0.329. The zero-order valence-electron chi connectivity index (χ0n) is 74.9. The van der Waals surface area contributed by atoms with Crippen molar-refractivity contribution in [3.8, 4) is 145 Å². The van der Waals surface area contributed by atoms with E-state index < -0.39 is 0 Å². The minimum Gasteiger partial charge on any atom is -0.310 e. The lowest BCUT2D eigenvalue weighted by Gasteiger charge is -2.30. The molecule has 630 valence electrons. The number of thiophene rings is 2. The largest absolute Gasteiger partial charge is 0.310 e. The van der Waals surface area contributed by atoms with Gasteiger partial charge in [-0.3, -0.25) is 0 Å². The molecular formula is C129H92N2S2. The van der Waals surface area contributed by atoms with Crippen molar-refractivity contribution in [1.82, 2.24) is 0 Å². The molecule has 25 rings (SSSR count). The highest BCUT2D eigenvalue weighted by Gasteiger charge is 2.41. The Morgan fingerprint density at radius 1 is 0.150 bits per heavy atom. The maximum absolute atomic E-state index is 2.50. The Balaban J connectivity index is 0.527. The van der Waals surface area contributed by atoms with Crippen LogP contribution in [0.4, 0.5) is 34.1 Å². The molecule has 0 saturated heterocycles. The molecule has 2 nitrogen and oxygen atoms in total. The summed E-state index contributed by atoms with van der Waals surface area (Å²) in [6, 6.07) is 169. The highest BCUT2D eigenvalue weighted by atomic mass is 32.1. The van der Waals surface area contributed by atoms with Crippen LogP contribution in [-0.2, 0) is 16.2 Å². The first-order valence-corrected chi connectivity index (χ1v) is 48.0. The molecule has 3 aliphatic carbocycles. The van der Waals surface area contributed by atoms with Crippen molar-refractivity contribution in [1.29, 1.82) is 0 Å². The van der Waals surface area contributed by atoms with Crippen molar-refractivity contribution in [2.45, 2.75) is 57.8 Å². The van der Waals surface area contributed by atoms with Crippen molar-refractivity contribution in [2.75, 3.05) is 9.80 Å². The predicted molar refractivity (Wildman–Crippen MR) is 569 cm³/mol. The number of fused-ring (bicyclic) bond motifs is 15. The molecule has 3 aliphatic rings. The van der Waals surface area contributed by atoms with Crippen LogP contribution in [0.3, 0.4) is 0 Å². The SMILES string of the molecule is CC1(C)c2cc(-c3ccccc3)ccc2-c2ccc(N(c3ccc(-c4ccc(-c5cccc6c5sc5ccccc56)cc4)cc3)c3ccc(-c4ccc(-c5cccc(-c6ccc7c(c6)C(C)(C)c6cc(N(c8ccc(-c9ccc(-c%10ccccc%10)cc9)cc8)c8ccc9c(c8)C(C)(C)c8cc(-c%10cccc%11c%10sc%10ccccc%10%11)ccc8-9)ccc6-7)c5)cc4-c4ccccc4)cc3)cc21. The topological polar surface area (TPSA) is 6.48 Å². The molecule has 0 unspecified atom stereocenters. The summed E-state index contributed by atoms with van der Waals surface area (Å²) in [5.41, 5.74) is 45.6. The zero-order valence-corrected chi connectivity index (χ0v) is 76.6. The summed E-state index contributed by atoms with van der Waals surface area (Å²) >= 11 is 3.78. The maximum atomic E-state index is 2.50. The molecule has 2 heterocycles. The average molecular weight is 1730 g/mol. The Hall–Kier alpha value is -15.6. The van der Waals surface area contributed by atoms with Gasteiger partial charge in [-0.05, 0) is 293 Å². The fourth-order valence-electron chi connectivity index (χ4n) is 22.0. The molecule has 0 radical (unpaired) electrons. The van der Waals surface area contributed by atoms with Gasteiger partial charge in [0.2, 0.25) is 0 Å². The molecule has 0 bridgehead atoms. The van der Waals surface area contributed by atoms with Crippen molar-refractivity contribution in [3.05, 3.63) is 482 Å². The lowest BCUT2D eigenvalue weighted by atomic mass is 9.81. The number of rotatable bonds is 16. The van der Waals surface area contributed by atoms with Gasteiger partial charge < -0.3 is 9.80 Å². The van der Waals surface area contributed by atoms with Gasteiger partial charge in [0.05, 0.1) is 0 Å². The minimum absolute atomic E-state index is 0.246. The molecule has 0 N–H and O–H groups in total. The van der Waals surface area contributed by atoms with Gasteiger partial charge >= 0.3 is 0 Å². The van der Waals surface area contributed by atoms with E-state index in [-0.39, 0.29) is 16.2 Å². The summed E-state index contributed by atoms with van der Waals surface area (Å²) in [4.78, 5) is 4.94. The van der Waals surface area contributed by atoms with Crippen LogP contribution in [0.1, 0.15) is 74.9 Å². The fourth-order valence-corrected chi connectivity index (χ4v) is 24.5. The monoisotopic (exact) mass is 1730 g/mol. The summed E-state index contributed by atoms with van der Waals surface area (Å²) < 4.78 is 5.31. The van der Waals surface area contributed by atoms with Gasteiger partial charge in [0.1, 0.15) is 0 Å². The molecule has 22 aromatic rings. The van der Waals surface area contributed by atoms with Crippen LogP contribution in [-0.4, -0.2) is 0 Å². The molecule has 0 saturated carbocycles. The number of hydrogen-bond acceptors (Lipinski definition) is 4. The number of anilines is 6. The first-order valence-electron chi connectivity index (χ1n) is 46.4. The standard InChI is InChI=1S/C129H92N2S2/c1-127(2)117-75-94(82-25-12-8-13-26-82)54-67-106(117)109-70-63-100(78-120(109)127)130(97-57-47-87(48-58-97)85-43-45-90(46-44-85)104-33-21-35-114-112-31-16-18-37-123(112)132-125(104)114)98-61-51-89(52-62-98)103-66-53-93(74-116(103)88-27-14-9-15-28-88)91-29-20-30-92(73-91)95-55-68-107-110-71-64-101(79-121(110)128(3,4)118(107)76-95)131(99-59-49-86(50-60-99)84-41-39-83(40-42-84)81-23-10-7-11-24-81)102-65-72-111-108-69-56-96(77-119(108)129(5,6)122(111)80-102)105-34-22-36-115-113-32-17-19-38-124(113)133-126(105)115/h7-80H,1-6H3. The smallest absolute Gasteiger partial charge is 0.0465 e. The Kier molecular flexibility index (Phi) is 18.8. The van der Waals surface area contributed by atoms with Crippen LogP contribution in [0.25, 0.3) is 185 Å². The predicted octanol–water partition coefficient (Wildman–Crippen LogP) is 37.0. The Labute approximate surface area is 785 Å². The van der Waals surface area contributed by atoms with E-state index in [0.29, 0.717) is 0 Å². The van der Waals surface area contributed by atoms with Gasteiger partial charge in [-0.2, -0.15) is 0 Å². The normalized spacial score (nSPS) is 13.4. The third-order valence-electron chi connectivity index (χ3n) is 29.2.